The molecule has 4 nitrogen and oxygen atoms in total. The number of piperidine rings is 1. The summed E-state index contributed by atoms with van der Waals surface area (Å²) >= 11 is 6.26. The molecule has 19 heavy (non-hydrogen) atoms. The maximum absolute atomic E-state index is 11.6. The topological polar surface area (TPSA) is 49.4 Å². The van der Waals surface area contributed by atoms with Crippen molar-refractivity contribution >= 4 is 34.7 Å². The molecule has 0 bridgehead atoms. The zero-order chi connectivity index (χ0) is 13.6. The minimum Gasteiger partial charge on any atom is -0.370 e. The number of carbonyl (C=O) groups is 2. The zero-order valence-corrected chi connectivity index (χ0v) is 11.5. The van der Waals surface area contributed by atoms with E-state index >= 15 is 0 Å². The molecule has 2 heterocycles. The van der Waals surface area contributed by atoms with E-state index in [1.54, 1.807) is 6.07 Å². The predicted octanol–water partition coefficient (Wildman–Crippen LogP) is 2.71. The zero-order valence-electron chi connectivity index (χ0n) is 10.7. The fourth-order valence-electron chi connectivity index (χ4n) is 2.65. The van der Waals surface area contributed by atoms with E-state index in [1.807, 2.05) is 6.07 Å². The molecule has 0 radical (unpaired) electrons. The van der Waals surface area contributed by atoms with Crippen LogP contribution in [0, 0.1) is 5.92 Å². The van der Waals surface area contributed by atoms with Crippen LogP contribution in [0.1, 0.15) is 30.1 Å². The standard InChI is InChI=1S/C14H15ClN2O2/c1-8-2-4-17(5-3-8)12-7-11-9(6-10(12)15)13(18)14(19)16-11/h6-8H,2-5H2,1H3,(H,16,18,19). The van der Waals surface area contributed by atoms with Gasteiger partial charge in [-0.3, -0.25) is 9.59 Å². The lowest BCUT2D eigenvalue weighted by Gasteiger charge is -2.33. The summed E-state index contributed by atoms with van der Waals surface area (Å²) in [5.41, 5.74) is 1.86. The third kappa shape index (κ3) is 2.10. The quantitative estimate of drug-likeness (QED) is 0.804. The molecular weight excluding hydrogens is 264 g/mol. The molecule has 0 saturated carbocycles. The number of benzene rings is 1. The highest BCUT2D eigenvalue weighted by atomic mass is 35.5. The number of rotatable bonds is 1. The summed E-state index contributed by atoms with van der Waals surface area (Å²) in [7, 11) is 0. The van der Waals surface area contributed by atoms with Gasteiger partial charge in [0.1, 0.15) is 0 Å². The van der Waals surface area contributed by atoms with Gasteiger partial charge in [0, 0.05) is 13.1 Å². The summed E-state index contributed by atoms with van der Waals surface area (Å²) in [6.07, 6.45) is 2.28. The van der Waals surface area contributed by atoms with Gasteiger partial charge in [-0.1, -0.05) is 18.5 Å². The molecule has 1 saturated heterocycles. The summed E-state index contributed by atoms with van der Waals surface area (Å²) in [5.74, 6) is -0.336. The second-order valence-corrected chi connectivity index (χ2v) is 5.71. The Morgan fingerprint density at radius 3 is 2.63 bits per heavy atom. The molecule has 1 aromatic carbocycles. The maximum Gasteiger partial charge on any atom is 0.296 e. The lowest BCUT2D eigenvalue weighted by Crippen LogP contribution is -2.32. The normalized spacial score (nSPS) is 19.6. The smallest absolute Gasteiger partial charge is 0.296 e. The molecule has 1 amide bonds. The first-order chi connectivity index (χ1) is 9.06. The van der Waals surface area contributed by atoms with Gasteiger partial charge in [-0.2, -0.15) is 0 Å². The molecule has 0 unspecified atom stereocenters. The van der Waals surface area contributed by atoms with Gasteiger partial charge in [0.25, 0.3) is 11.7 Å². The van der Waals surface area contributed by atoms with Gasteiger partial charge in [0.05, 0.1) is 22.0 Å². The number of Topliss-reactive ketones (excluding diaryl/α,β-unsaturated/α-hetero) is 1. The molecule has 0 spiro atoms. The largest absolute Gasteiger partial charge is 0.370 e. The summed E-state index contributed by atoms with van der Waals surface area (Å²) in [5, 5.41) is 3.13. The highest BCUT2D eigenvalue weighted by Crippen LogP contribution is 2.36. The van der Waals surface area contributed by atoms with E-state index < -0.39 is 11.7 Å². The lowest BCUT2D eigenvalue weighted by molar-refractivity contribution is -0.112. The minimum atomic E-state index is -0.574. The molecule has 0 aliphatic carbocycles. The van der Waals surface area contributed by atoms with Crippen LogP contribution in [0.4, 0.5) is 11.4 Å². The summed E-state index contributed by atoms with van der Waals surface area (Å²) in [6.45, 7) is 4.17. The second-order valence-electron chi connectivity index (χ2n) is 5.30. The Hall–Kier alpha value is -1.55. The van der Waals surface area contributed by atoms with Crippen LogP contribution in [0.5, 0.6) is 0 Å². The van der Waals surface area contributed by atoms with Crippen LogP contribution in [-0.4, -0.2) is 24.8 Å². The van der Waals surface area contributed by atoms with E-state index in [9.17, 15) is 9.59 Å². The first kappa shape index (κ1) is 12.5. The fourth-order valence-corrected chi connectivity index (χ4v) is 2.93. The predicted molar refractivity (Wildman–Crippen MR) is 75.0 cm³/mol. The average molecular weight is 279 g/mol. The molecule has 1 N–H and O–H groups in total. The molecular formula is C14H15ClN2O2. The van der Waals surface area contributed by atoms with Gasteiger partial charge in [0.2, 0.25) is 0 Å². The summed E-state index contributed by atoms with van der Waals surface area (Å²) < 4.78 is 0. The van der Waals surface area contributed by atoms with E-state index in [0.29, 0.717) is 16.3 Å². The highest BCUT2D eigenvalue weighted by molar-refractivity contribution is 6.52. The summed E-state index contributed by atoms with van der Waals surface area (Å²) in [6, 6.07) is 3.42. The monoisotopic (exact) mass is 278 g/mol. The van der Waals surface area contributed by atoms with Gasteiger partial charge < -0.3 is 10.2 Å². The Labute approximate surface area is 116 Å². The van der Waals surface area contributed by atoms with Crippen LogP contribution in [0.2, 0.25) is 5.02 Å². The van der Waals surface area contributed by atoms with Crippen molar-refractivity contribution in [3.05, 3.63) is 22.7 Å². The van der Waals surface area contributed by atoms with Crippen molar-refractivity contribution in [1.82, 2.24) is 0 Å². The Bertz CT molecular complexity index is 563. The molecule has 0 aromatic heterocycles. The Morgan fingerprint density at radius 2 is 1.95 bits per heavy atom. The minimum absolute atomic E-state index is 0.379. The van der Waals surface area contributed by atoms with Crippen LogP contribution in [0.3, 0.4) is 0 Å². The molecule has 100 valence electrons. The molecule has 2 aliphatic rings. The van der Waals surface area contributed by atoms with Gasteiger partial charge in [-0.05, 0) is 30.9 Å². The fraction of sp³-hybridized carbons (Fsp3) is 0.429. The van der Waals surface area contributed by atoms with Gasteiger partial charge in [-0.25, -0.2) is 0 Å². The van der Waals surface area contributed by atoms with Crippen molar-refractivity contribution in [2.24, 2.45) is 5.92 Å². The van der Waals surface area contributed by atoms with Crippen molar-refractivity contribution in [3.8, 4) is 0 Å². The number of hydrogen-bond acceptors (Lipinski definition) is 3. The van der Waals surface area contributed by atoms with Gasteiger partial charge >= 0.3 is 0 Å². The van der Waals surface area contributed by atoms with Gasteiger partial charge in [-0.15, -0.1) is 0 Å². The number of ketones is 1. The third-order valence-corrected chi connectivity index (χ3v) is 4.21. The molecule has 1 aromatic rings. The Kier molecular flexibility index (Phi) is 2.97. The Balaban J connectivity index is 1.94. The lowest BCUT2D eigenvalue weighted by atomic mass is 9.98. The van der Waals surface area contributed by atoms with Crippen molar-refractivity contribution in [3.63, 3.8) is 0 Å². The van der Waals surface area contributed by atoms with E-state index in [1.165, 1.54) is 0 Å². The van der Waals surface area contributed by atoms with Gasteiger partial charge in [0.15, 0.2) is 0 Å². The van der Waals surface area contributed by atoms with Crippen molar-refractivity contribution < 1.29 is 9.59 Å². The number of hydrogen-bond donors (Lipinski definition) is 1. The summed E-state index contributed by atoms with van der Waals surface area (Å²) in [4.78, 5) is 25.2. The molecule has 2 aliphatic heterocycles. The third-order valence-electron chi connectivity index (χ3n) is 3.91. The highest BCUT2D eigenvalue weighted by Gasteiger charge is 2.30. The number of halogens is 1. The van der Waals surface area contributed by atoms with Crippen LogP contribution < -0.4 is 10.2 Å². The number of carbonyl (C=O) groups excluding carboxylic acids is 2. The van der Waals surface area contributed by atoms with E-state index in [2.05, 4.69) is 17.1 Å². The molecule has 3 rings (SSSR count). The number of fused-ring (bicyclic) bond motifs is 1. The number of amides is 1. The van der Waals surface area contributed by atoms with Crippen LogP contribution >= 0.6 is 11.6 Å². The first-order valence-electron chi connectivity index (χ1n) is 6.50. The van der Waals surface area contributed by atoms with Crippen molar-refractivity contribution in [1.29, 1.82) is 0 Å². The number of anilines is 2. The van der Waals surface area contributed by atoms with E-state index in [4.69, 9.17) is 11.6 Å². The number of nitrogens with zero attached hydrogens (tertiary/aromatic N) is 1. The maximum atomic E-state index is 11.6. The van der Waals surface area contributed by atoms with Crippen molar-refractivity contribution in [2.45, 2.75) is 19.8 Å². The van der Waals surface area contributed by atoms with Crippen LogP contribution in [0.25, 0.3) is 0 Å². The van der Waals surface area contributed by atoms with E-state index in [-0.39, 0.29) is 0 Å². The van der Waals surface area contributed by atoms with Crippen LogP contribution in [-0.2, 0) is 4.79 Å². The number of nitrogens with one attached hydrogen (secondary N) is 1. The average Bonchev–Trinajstić information content (AvgIpc) is 2.66. The first-order valence-corrected chi connectivity index (χ1v) is 6.88. The molecule has 5 heteroatoms. The SMILES string of the molecule is CC1CCN(c2cc3c(cc2Cl)C(=O)C(=O)N3)CC1. The second kappa shape index (κ2) is 4.53. The van der Waals surface area contributed by atoms with E-state index in [0.717, 1.165) is 37.5 Å². The Morgan fingerprint density at radius 1 is 1.26 bits per heavy atom. The van der Waals surface area contributed by atoms with Crippen molar-refractivity contribution in [2.75, 3.05) is 23.3 Å². The molecule has 1 fully saturated rings. The molecule has 0 atom stereocenters. The van der Waals surface area contributed by atoms with Crippen LogP contribution in [0.15, 0.2) is 12.1 Å².